The molecule has 6 N–H and O–H groups in total. The highest BCUT2D eigenvalue weighted by molar-refractivity contribution is 5.85. The van der Waals surface area contributed by atoms with Crippen LogP contribution in [0.5, 0.6) is 0 Å². The first-order valence-corrected chi connectivity index (χ1v) is 6.39. The number of carbonyl (C=O) groups excluding carboxylic acids is 1. The number of amides is 1. The molecule has 0 aliphatic carbocycles. The molecule has 124 valence electrons. The number of guanidine groups is 1. The van der Waals surface area contributed by atoms with Gasteiger partial charge in [0.05, 0.1) is 0 Å². The molecule has 0 aromatic carbocycles. The number of aliphatic carboxylic acids is 1. The summed E-state index contributed by atoms with van der Waals surface area (Å²) in [5, 5.41) is 11.4. The summed E-state index contributed by atoms with van der Waals surface area (Å²) in [5.74, 6) is -1.09. The summed E-state index contributed by atoms with van der Waals surface area (Å²) < 4.78 is 5.01. The molecule has 1 amide bonds. The Labute approximate surface area is 130 Å². The van der Waals surface area contributed by atoms with Gasteiger partial charge in [-0.15, -0.1) is 12.4 Å². The second-order valence-corrected chi connectivity index (χ2v) is 5.34. The van der Waals surface area contributed by atoms with E-state index in [9.17, 15) is 9.59 Å². The molecule has 21 heavy (non-hydrogen) atoms. The number of hydrogen-bond acceptors (Lipinski definition) is 4. The summed E-state index contributed by atoms with van der Waals surface area (Å²) in [6.07, 6.45) is 0.754. The van der Waals surface area contributed by atoms with Crippen molar-refractivity contribution in [2.45, 2.75) is 51.7 Å². The van der Waals surface area contributed by atoms with E-state index >= 15 is 0 Å². The van der Waals surface area contributed by atoms with E-state index in [4.69, 9.17) is 21.3 Å². The number of rotatable bonds is 7. The van der Waals surface area contributed by atoms with Gasteiger partial charge in [-0.2, -0.15) is 0 Å². The fraction of sp³-hybridized carbons (Fsp3) is 0.750. The summed E-state index contributed by atoms with van der Waals surface area (Å²) in [6, 6.07) is -0.982. The lowest BCUT2D eigenvalue weighted by atomic mass is 10.1. The van der Waals surface area contributed by atoms with E-state index in [1.54, 1.807) is 20.8 Å². The molecule has 1 unspecified atom stereocenters. The van der Waals surface area contributed by atoms with Gasteiger partial charge in [0.15, 0.2) is 5.96 Å². The Kier molecular flexibility index (Phi) is 10.4. The average molecular weight is 325 g/mol. The fourth-order valence-electron chi connectivity index (χ4n) is 1.38. The van der Waals surface area contributed by atoms with Crippen LogP contribution in [0.2, 0.25) is 0 Å². The molecule has 8 nitrogen and oxygen atoms in total. The molecule has 9 heteroatoms. The molecule has 0 fully saturated rings. The van der Waals surface area contributed by atoms with Crippen molar-refractivity contribution in [3.63, 3.8) is 0 Å². The Morgan fingerprint density at radius 3 is 2.29 bits per heavy atom. The lowest BCUT2D eigenvalue weighted by Gasteiger charge is -2.21. The van der Waals surface area contributed by atoms with Crippen LogP contribution in [0, 0.1) is 0 Å². The second-order valence-electron chi connectivity index (χ2n) is 5.34. The molecule has 0 radical (unpaired) electrons. The maximum Gasteiger partial charge on any atom is 0.408 e. The van der Waals surface area contributed by atoms with Crippen molar-refractivity contribution < 1.29 is 19.4 Å². The predicted octanol–water partition coefficient (Wildman–Crippen LogP) is 0.830. The van der Waals surface area contributed by atoms with Crippen molar-refractivity contribution in [3.8, 4) is 0 Å². The first-order chi connectivity index (χ1) is 9.11. The van der Waals surface area contributed by atoms with Crippen molar-refractivity contribution in [2.75, 3.05) is 6.54 Å². The van der Waals surface area contributed by atoms with Crippen LogP contribution < -0.4 is 16.8 Å². The van der Waals surface area contributed by atoms with Gasteiger partial charge in [-0.25, -0.2) is 9.59 Å². The Hall–Kier alpha value is -1.70. The van der Waals surface area contributed by atoms with Crippen molar-refractivity contribution >= 4 is 30.4 Å². The minimum atomic E-state index is -1.10. The molecule has 0 saturated heterocycles. The first-order valence-electron chi connectivity index (χ1n) is 6.39. The number of carboxylic acid groups (broad SMARTS) is 1. The van der Waals surface area contributed by atoms with Gasteiger partial charge in [0.2, 0.25) is 0 Å². The number of ether oxygens (including phenoxy) is 1. The fourth-order valence-corrected chi connectivity index (χ4v) is 1.38. The third-order valence-corrected chi connectivity index (χ3v) is 2.18. The first kappa shape index (κ1) is 21.6. The molecule has 0 aliphatic heterocycles. The SMILES string of the molecule is CC(C)(C)OC(=O)NC(CCCCN=C(N)N)C(=O)O.Cl. The molecule has 1 atom stereocenters. The maximum absolute atomic E-state index is 11.5. The zero-order chi connectivity index (χ0) is 15.8. The quantitative estimate of drug-likeness (QED) is 0.310. The van der Waals surface area contributed by atoms with Crippen LogP contribution in [0.4, 0.5) is 4.79 Å². The molecule has 0 heterocycles. The van der Waals surface area contributed by atoms with Crippen LogP contribution in [0.3, 0.4) is 0 Å². The van der Waals surface area contributed by atoms with Gasteiger partial charge >= 0.3 is 12.1 Å². The highest BCUT2D eigenvalue weighted by atomic mass is 35.5. The lowest BCUT2D eigenvalue weighted by Crippen LogP contribution is -2.43. The number of nitrogens with two attached hydrogens (primary N) is 2. The summed E-state index contributed by atoms with van der Waals surface area (Å²) in [6.45, 7) is 5.55. The molecule has 0 aromatic heterocycles. The van der Waals surface area contributed by atoms with Crippen LogP contribution in [-0.4, -0.2) is 41.3 Å². The van der Waals surface area contributed by atoms with Gasteiger partial charge in [-0.1, -0.05) is 0 Å². The smallest absolute Gasteiger partial charge is 0.408 e. The number of halogens is 1. The standard InChI is InChI=1S/C12H24N4O4.ClH/c1-12(2,3)20-11(19)16-8(9(17)18)6-4-5-7-15-10(13)14;/h8H,4-7H2,1-3H3,(H,16,19)(H,17,18)(H4,13,14,15);1H. The van der Waals surface area contributed by atoms with Crippen LogP contribution in [0.25, 0.3) is 0 Å². The third-order valence-electron chi connectivity index (χ3n) is 2.18. The summed E-state index contributed by atoms with van der Waals surface area (Å²) in [4.78, 5) is 26.3. The molecule has 0 rings (SSSR count). The molecular formula is C12H25ClN4O4. The minimum Gasteiger partial charge on any atom is -0.480 e. The predicted molar refractivity (Wildman–Crippen MR) is 82.6 cm³/mol. The zero-order valence-corrected chi connectivity index (χ0v) is 13.4. The molecular weight excluding hydrogens is 300 g/mol. The number of carboxylic acids is 1. The zero-order valence-electron chi connectivity index (χ0n) is 12.6. The molecule has 0 saturated carbocycles. The van der Waals surface area contributed by atoms with Gasteiger partial charge < -0.3 is 26.6 Å². The number of hydrogen-bond donors (Lipinski definition) is 4. The number of aliphatic imine (C=N–C) groups is 1. The second kappa shape index (κ2) is 10.1. The van der Waals surface area contributed by atoms with Gasteiger partial charge in [0.1, 0.15) is 11.6 Å². The van der Waals surface area contributed by atoms with Crippen LogP contribution in [0.15, 0.2) is 4.99 Å². The number of nitrogens with one attached hydrogen (secondary N) is 1. The van der Waals surface area contributed by atoms with Gasteiger partial charge in [-0.05, 0) is 40.0 Å². The van der Waals surface area contributed by atoms with E-state index in [0.717, 1.165) is 0 Å². The van der Waals surface area contributed by atoms with Gasteiger partial charge in [0, 0.05) is 6.54 Å². The Balaban J connectivity index is 0. The molecule has 0 aliphatic rings. The van der Waals surface area contributed by atoms with Crippen molar-refractivity contribution in [3.05, 3.63) is 0 Å². The third kappa shape index (κ3) is 13.1. The monoisotopic (exact) mass is 324 g/mol. The van der Waals surface area contributed by atoms with E-state index in [2.05, 4.69) is 10.3 Å². The van der Waals surface area contributed by atoms with Crippen LogP contribution in [0.1, 0.15) is 40.0 Å². The van der Waals surface area contributed by atoms with E-state index in [0.29, 0.717) is 19.4 Å². The minimum absolute atomic E-state index is 0. The highest BCUT2D eigenvalue weighted by Crippen LogP contribution is 2.08. The van der Waals surface area contributed by atoms with Crippen molar-refractivity contribution in [1.29, 1.82) is 0 Å². The van der Waals surface area contributed by atoms with E-state index < -0.39 is 23.7 Å². The van der Waals surface area contributed by atoms with E-state index in [1.807, 2.05) is 0 Å². The summed E-state index contributed by atoms with van der Waals surface area (Å²) in [5.41, 5.74) is 9.67. The number of unbranched alkanes of at least 4 members (excludes halogenated alkanes) is 1. The number of nitrogens with zero attached hydrogens (tertiary/aromatic N) is 1. The van der Waals surface area contributed by atoms with Crippen LogP contribution >= 0.6 is 12.4 Å². The van der Waals surface area contributed by atoms with Crippen LogP contribution in [-0.2, 0) is 9.53 Å². The Bertz CT molecular complexity index is 365. The number of carbonyl (C=O) groups is 2. The largest absolute Gasteiger partial charge is 0.480 e. The lowest BCUT2D eigenvalue weighted by molar-refractivity contribution is -0.139. The topological polar surface area (TPSA) is 140 Å². The van der Waals surface area contributed by atoms with Crippen molar-refractivity contribution in [1.82, 2.24) is 5.32 Å². The average Bonchev–Trinajstić information content (AvgIpc) is 2.23. The molecule has 0 spiro atoms. The van der Waals surface area contributed by atoms with E-state index in [1.165, 1.54) is 0 Å². The summed E-state index contributed by atoms with van der Waals surface area (Å²) >= 11 is 0. The number of alkyl carbamates (subject to hydrolysis) is 1. The normalized spacial score (nSPS) is 11.8. The molecule has 0 aromatic rings. The molecule has 0 bridgehead atoms. The van der Waals surface area contributed by atoms with Gasteiger partial charge in [-0.3, -0.25) is 4.99 Å². The highest BCUT2D eigenvalue weighted by Gasteiger charge is 2.23. The maximum atomic E-state index is 11.5. The summed E-state index contributed by atoms with van der Waals surface area (Å²) in [7, 11) is 0. The van der Waals surface area contributed by atoms with E-state index in [-0.39, 0.29) is 24.8 Å². The Morgan fingerprint density at radius 2 is 1.86 bits per heavy atom. The van der Waals surface area contributed by atoms with Crippen molar-refractivity contribution in [2.24, 2.45) is 16.5 Å². The Morgan fingerprint density at radius 1 is 1.29 bits per heavy atom. The van der Waals surface area contributed by atoms with Gasteiger partial charge in [0.25, 0.3) is 0 Å².